The molecule has 2 rings (SSSR count). The Morgan fingerprint density at radius 1 is 1.00 bits per heavy atom. The number of rotatable bonds is 9. The molecule has 0 radical (unpaired) electrons. The number of nitrogens with one attached hydrogen (secondary N) is 1. The summed E-state index contributed by atoms with van der Waals surface area (Å²) < 4.78 is 37.4. The molecule has 8 heteroatoms. The third-order valence-electron chi connectivity index (χ3n) is 3.87. The Labute approximate surface area is 164 Å². The molecule has 150 valence electrons. The van der Waals surface area contributed by atoms with Crippen molar-refractivity contribution in [1.82, 2.24) is 4.72 Å². The summed E-state index contributed by atoms with van der Waals surface area (Å²) in [6, 6.07) is 11.8. The number of sulfonamides is 1. The maximum Gasteiger partial charge on any atom is 0.324 e. The molecule has 0 amide bonds. The summed E-state index contributed by atoms with van der Waals surface area (Å²) in [6.45, 7) is 4.89. The molecule has 0 saturated heterocycles. The number of aryl methyl sites for hydroxylation is 1. The quantitative estimate of drug-likeness (QED) is 0.391. The average molecular weight is 405 g/mol. The number of benzene rings is 2. The van der Waals surface area contributed by atoms with E-state index in [0.717, 1.165) is 5.56 Å². The molecule has 2 aromatic rings. The number of ether oxygens (including phenoxy) is 2. The Hall–Kier alpha value is -2.71. The summed E-state index contributed by atoms with van der Waals surface area (Å²) in [7, 11) is -3.92. The van der Waals surface area contributed by atoms with Crippen molar-refractivity contribution in [3.8, 4) is 5.75 Å². The fourth-order valence-electron chi connectivity index (χ4n) is 2.28. The van der Waals surface area contributed by atoms with Gasteiger partial charge in [-0.3, -0.25) is 9.59 Å². The minimum Gasteiger partial charge on any atom is -0.490 e. The molecular weight excluding hydrogens is 382 g/mol. The Morgan fingerprint density at radius 3 is 2.18 bits per heavy atom. The van der Waals surface area contributed by atoms with Gasteiger partial charge in [0.05, 0.1) is 4.90 Å². The van der Waals surface area contributed by atoms with E-state index < -0.39 is 22.0 Å². The molecule has 0 aromatic heterocycles. The summed E-state index contributed by atoms with van der Waals surface area (Å²) in [4.78, 5) is 23.2. The summed E-state index contributed by atoms with van der Waals surface area (Å²) in [6.07, 6.45) is 0. The minimum atomic E-state index is -3.92. The van der Waals surface area contributed by atoms with Gasteiger partial charge in [0, 0.05) is 5.56 Å². The van der Waals surface area contributed by atoms with E-state index in [1.807, 2.05) is 31.2 Å². The van der Waals surface area contributed by atoms with E-state index in [0.29, 0.717) is 11.3 Å². The lowest BCUT2D eigenvalue weighted by atomic mass is 10.2. The Kier molecular flexibility index (Phi) is 7.31. The second-order valence-corrected chi connectivity index (χ2v) is 7.97. The van der Waals surface area contributed by atoms with Crippen LogP contribution in [-0.4, -0.2) is 39.4 Å². The first kappa shape index (κ1) is 21.6. The van der Waals surface area contributed by atoms with Crippen LogP contribution >= 0.6 is 0 Å². The van der Waals surface area contributed by atoms with Crippen molar-refractivity contribution < 1.29 is 27.5 Å². The number of carbonyl (C=O) groups excluding carboxylic acids is 2. The van der Waals surface area contributed by atoms with Gasteiger partial charge in [0.15, 0.2) is 5.78 Å². The van der Waals surface area contributed by atoms with E-state index in [4.69, 9.17) is 9.47 Å². The van der Waals surface area contributed by atoms with Gasteiger partial charge < -0.3 is 9.47 Å². The van der Waals surface area contributed by atoms with Crippen LogP contribution in [0.3, 0.4) is 0 Å². The molecular formula is C20H23NO6S. The average Bonchev–Trinajstić information content (AvgIpc) is 2.66. The predicted molar refractivity (Wildman–Crippen MR) is 104 cm³/mol. The van der Waals surface area contributed by atoms with Crippen molar-refractivity contribution in [2.24, 2.45) is 0 Å². The van der Waals surface area contributed by atoms with Gasteiger partial charge in [0.25, 0.3) is 0 Å². The molecule has 28 heavy (non-hydrogen) atoms. The van der Waals surface area contributed by atoms with E-state index >= 15 is 0 Å². The van der Waals surface area contributed by atoms with Crippen LogP contribution < -0.4 is 9.46 Å². The van der Waals surface area contributed by atoms with Gasteiger partial charge in [-0.15, -0.1) is 0 Å². The highest BCUT2D eigenvalue weighted by atomic mass is 32.2. The van der Waals surface area contributed by atoms with Crippen LogP contribution in [0.2, 0.25) is 0 Å². The monoisotopic (exact) mass is 405 g/mol. The van der Waals surface area contributed by atoms with Crippen molar-refractivity contribution >= 4 is 21.8 Å². The summed E-state index contributed by atoms with van der Waals surface area (Å²) in [5.74, 6) is -0.220. The standard InChI is InChI=1S/C20H23NO6S/c1-14-4-8-18(9-5-14)26-12-13-27-20(23)15(2)21-28(24,25)19-10-6-17(7-11-19)16(3)22/h4-11,15,21H,12-13H2,1-3H3/t15-/m0/s1. The molecule has 1 N–H and O–H groups in total. The number of Topliss-reactive ketones (excluding diaryl/α,β-unsaturated/α-hetero) is 1. The molecule has 0 unspecified atom stereocenters. The second-order valence-electron chi connectivity index (χ2n) is 6.25. The van der Waals surface area contributed by atoms with Crippen LogP contribution in [0.25, 0.3) is 0 Å². The van der Waals surface area contributed by atoms with Crippen molar-refractivity contribution in [1.29, 1.82) is 0 Å². The van der Waals surface area contributed by atoms with Gasteiger partial charge in [-0.05, 0) is 45.0 Å². The van der Waals surface area contributed by atoms with E-state index in [1.54, 1.807) is 0 Å². The van der Waals surface area contributed by atoms with Gasteiger partial charge in [-0.1, -0.05) is 29.8 Å². The molecule has 0 saturated carbocycles. The Balaban J connectivity index is 1.83. The van der Waals surface area contributed by atoms with E-state index in [1.165, 1.54) is 38.1 Å². The maximum absolute atomic E-state index is 12.3. The predicted octanol–water partition coefficient (Wildman–Crippen LogP) is 2.49. The second kappa shape index (κ2) is 9.48. The number of ketones is 1. The molecule has 0 fully saturated rings. The Bertz CT molecular complexity index is 920. The highest BCUT2D eigenvalue weighted by Crippen LogP contribution is 2.13. The zero-order valence-corrected chi connectivity index (χ0v) is 16.8. The van der Waals surface area contributed by atoms with Gasteiger partial charge in [-0.2, -0.15) is 4.72 Å². The first-order valence-electron chi connectivity index (χ1n) is 8.68. The number of hydrogen-bond donors (Lipinski definition) is 1. The Morgan fingerprint density at radius 2 is 1.61 bits per heavy atom. The van der Waals surface area contributed by atoms with Crippen LogP contribution in [0, 0.1) is 6.92 Å². The highest BCUT2D eigenvalue weighted by Gasteiger charge is 2.23. The first-order valence-corrected chi connectivity index (χ1v) is 10.2. The van der Waals surface area contributed by atoms with E-state index in [2.05, 4.69) is 4.72 Å². The number of hydrogen-bond acceptors (Lipinski definition) is 6. The van der Waals surface area contributed by atoms with Crippen LogP contribution in [-0.2, 0) is 19.6 Å². The first-order chi connectivity index (χ1) is 13.2. The molecule has 1 atom stereocenters. The van der Waals surface area contributed by atoms with Crippen molar-refractivity contribution in [3.05, 3.63) is 59.7 Å². The highest BCUT2D eigenvalue weighted by molar-refractivity contribution is 7.89. The smallest absolute Gasteiger partial charge is 0.324 e. The van der Waals surface area contributed by atoms with Crippen LogP contribution in [0.5, 0.6) is 5.75 Å². The topological polar surface area (TPSA) is 98.8 Å². The maximum atomic E-state index is 12.3. The van der Waals surface area contributed by atoms with Crippen molar-refractivity contribution in [3.63, 3.8) is 0 Å². The van der Waals surface area contributed by atoms with Gasteiger partial charge in [0.1, 0.15) is 25.0 Å². The molecule has 0 spiro atoms. The largest absolute Gasteiger partial charge is 0.490 e. The zero-order chi connectivity index (χ0) is 20.7. The SMILES string of the molecule is CC(=O)c1ccc(S(=O)(=O)N[C@@H](C)C(=O)OCCOc2ccc(C)cc2)cc1. The fourth-order valence-corrected chi connectivity index (χ4v) is 3.47. The summed E-state index contributed by atoms with van der Waals surface area (Å²) in [5, 5.41) is 0. The lowest BCUT2D eigenvalue weighted by Gasteiger charge is -2.14. The molecule has 0 aliphatic carbocycles. The van der Waals surface area contributed by atoms with E-state index in [9.17, 15) is 18.0 Å². The van der Waals surface area contributed by atoms with E-state index in [-0.39, 0.29) is 23.9 Å². The van der Waals surface area contributed by atoms with Gasteiger partial charge >= 0.3 is 5.97 Å². The minimum absolute atomic E-state index is 0.00785. The lowest BCUT2D eigenvalue weighted by Crippen LogP contribution is -2.39. The van der Waals surface area contributed by atoms with Gasteiger partial charge in [0.2, 0.25) is 10.0 Å². The fraction of sp³-hybridized carbons (Fsp3) is 0.300. The zero-order valence-electron chi connectivity index (χ0n) is 16.0. The third-order valence-corrected chi connectivity index (χ3v) is 5.43. The molecule has 0 aliphatic heterocycles. The van der Waals surface area contributed by atoms with Crippen LogP contribution in [0.4, 0.5) is 0 Å². The molecule has 0 heterocycles. The molecule has 0 aliphatic rings. The van der Waals surface area contributed by atoms with Crippen molar-refractivity contribution in [2.45, 2.75) is 31.7 Å². The number of carbonyl (C=O) groups is 2. The van der Waals surface area contributed by atoms with Crippen LogP contribution in [0.15, 0.2) is 53.4 Å². The van der Waals surface area contributed by atoms with Gasteiger partial charge in [-0.25, -0.2) is 8.42 Å². The third kappa shape index (κ3) is 6.17. The number of esters is 1. The summed E-state index contributed by atoms with van der Waals surface area (Å²) in [5.41, 5.74) is 1.51. The molecule has 2 aromatic carbocycles. The summed E-state index contributed by atoms with van der Waals surface area (Å²) >= 11 is 0. The molecule has 0 bridgehead atoms. The van der Waals surface area contributed by atoms with Crippen LogP contribution in [0.1, 0.15) is 29.8 Å². The lowest BCUT2D eigenvalue weighted by molar-refractivity contribution is -0.145. The van der Waals surface area contributed by atoms with Crippen molar-refractivity contribution in [2.75, 3.05) is 13.2 Å². The molecule has 7 nitrogen and oxygen atoms in total. The normalized spacial score (nSPS) is 12.2.